The second-order valence-corrected chi connectivity index (χ2v) is 4.64. The Labute approximate surface area is 115 Å². The summed E-state index contributed by atoms with van der Waals surface area (Å²) in [5.41, 5.74) is 1.94. The lowest BCUT2D eigenvalue weighted by atomic mass is 10.3. The van der Waals surface area contributed by atoms with Gasteiger partial charge in [0.2, 0.25) is 5.95 Å². The van der Waals surface area contributed by atoms with Crippen LogP contribution in [0.25, 0.3) is 5.65 Å². The van der Waals surface area contributed by atoms with Crippen LogP contribution >= 0.6 is 11.6 Å². The molecular weight excluding hydrogens is 264 g/mol. The fraction of sp³-hybridized carbons (Fsp3) is 0.250. The number of aryl methyl sites for hydroxylation is 1. The number of pyridine rings is 1. The molecule has 0 aromatic carbocycles. The van der Waals surface area contributed by atoms with Crippen molar-refractivity contribution in [2.45, 2.75) is 6.42 Å². The van der Waals surface area contributed by atoms with Crippen molar-refractivity contribution in [3.63, 3.8) is 0 Å². The van der Waals surface area contributed by atoms with Crippen molar-refractivity contribution >= 4 is 23.2 Å². The van der Waals surface area contributed by atoms with Gasteiger partial charge in [0.15, 0.2) is 5.65 Å². The van der Waals surface area contributed by atoms with Crippen LogP contribution in [0.5, 0.6) is 0 Å². The summed E-state index contributed by atoms with van der Waals surface area (Å²) in [5.74, 6) is 0.601. The molecule has 0 bridgehead atoms. The van der Waals surface area contributed by atoms with Crippen LogP contribution in [0.3, 0.4) is 0 Å². The number of aromatic nitrogens is 5. The number of nitrogens with zero attached hydrogens (tertiary/aromatic N) is 5. The predicted molar refractivity (Wildman–Crippen MR) is 73.4 cm³/mol. The molecule has 0 spiro atoms. The third kappa shape index (κ3) is 2.53. The summed E-state index contributed by atoms with van der Waals surface area (Å²) in [5, 5.41) is 12.3. The van der Waals surface area contributed by atoms with Gasteiger partial charge < -0.3 is 5.32 Å². The topological polar surface area (TPSA) is 60.0 Å². The van der Waals surface area contributed by atoms with Crippen LogP contribution in [0.4, 0.5) is 5.95 Å². The molecule has 1 N–H and O–H groups in total. The van der Waals surface area contributed by atoms with E-state index in [9.17, 15) is 0 Å². The van der Waals surface area contributed by atoms with Crippen LogP contribution in [0.1, 0.15) is 5.69 Å². The van der Waals surface area contributed by atoms with Crippen molar-refractivity contribution in [2.24, 2.45) is 7.05 Å². The largest absolute Gasteiger partial charge is 0.353 e. The highest BCUT2D eigenvalue weighted by molar-refractivity contribution is 6.30. The molecule has 0 aliphatic rings. The Kier molecular flexibility index (Phi) is 3.08. The minimum atomic E-state index is 0.601. The van der Waals surface area contributed by atoms with Gasteiger partial charge in [-0.25, -0.2) is 4.52 Å². The van der Waals surface area contributed by atoms with E-state index < -0.39 is 0 Å². The first-order chi connectivity index (χ1) is 9.22. The number of fused-ring (bicyclic) bond motifs is 1. The first-order valence-corrected chi connectivity index (χ1v) is 6.33. The summed E-state index contributed by atoms with van der Waals surface area (Å²) in [6.07, 6.45) is 4.39. The van der Waals surface area contributed by atoms with E-state index in [-0.39, 0.29) is 0 Å². The molecule has 0 aliphatic carbocycles. The van der Waals surface area contributed by atoms with E-state index in [0.29, 0.717) is 11.0 Å². The molecule has 0 amide bonds. The minimum absolute atomic E-state index is 0.601. The van der Waals surface area contributed by atoms with Crippen molar-refractivity contribution in [2.75, 3.05) is 11.9 Å². The Hall–Kier alpha value is -2.08. The number of hydrogen-bond donors (Lipinski definition) is 1. The summed E-state index contributed by atoms with van der Waals surface area (Å²) >= 11 is 5.90. The molecule has 98 valence electrons. The van der Waals surface area contributed by atoms with Crippen LogP contribution in [0, 0.1) is 0 Å². The van der Waals surface area contributed by atoms with E-state index >= 15 is 0 Å². The Bertz CT molecular complexity index is 701. The average molecular weight is 277 g/mol. The summed E-state index contributed by atoms with van der Waals surface area (Å²) in [6, 6.07) is 5.63. The normalized spacial score (nSPS) is 11.1. The molecule has 3 aromatic heterocycles. The molecule has 0 atom stereocenters. The lowest BCUT2D eigenvalue weighted by Gasteiger charge is -2.02. The van der Waals surface area contributed by atoms with Crippen molar-refractivity contribution in [1.29, 1.82) is 0 Å². The standard InChI is InChI=1S/C12H13ClN6/c1-18-10(5-7-15-18)4-6-14-12-16-11-3-2-9(13)8-19(11)17-12/h2-3,5,7-8H,4,6H2,1H3,(H,14,17). The molecule has 3 heterocycles. The zero-order valence-electron chi connectivity index (χ0n) is 10.4. The molecule has 7 heteroatoms. The summed E-state index contributed by atoms with van der Waals surface area (Å²) in [6.45, 7) is 0.754. The van der Waals surface area contributed by atoms with E-state index in [1.54, 1.807) is 23.0 Å². The van der Waals surface area contributed by atoms with Crippen LogP contribution in [0.15, 0.2) is 30.6 Å². The maximum absolute atomic E-state index is 5.90. The van der Waals surface area contributed by atoms with Gasteiger partial charge in [-0.1, -0.05) is 11.6 Å². The molecule has 0 radical (unpaired) electrons. The Morgan fingerprint density at radius 2 is 2.21 bits per heavy atom. The van der Waals surface area contributed by atoms with Crippen molar-refractivity contribution < 1.29 is 0 Å². The fourth-order valence-corrected chi connectivity index (χ4v) is 2.04. The Morgan fingerprint density at radius 1 is 1.32 bits per heavy atom. The molecule has 6 nitrogen and oxygen atoms in total. The van der Waals surface area contributed by atoms with Gasteiger partial charge in [-0.2, -0.15) is 10.1 Å². The SMILES string of the molecule is Cn1nccc1CCNc1nc2ccc(Cl)cn2n1. The van der Waals surface area contributed by atoms with Crippen molar-refractivity contribution in [3.8, 4) is 0 Å². The van der Waals surface area contributed by atoms with E-state index in [0.717, 1.165) is 18.6 Å². The number of nitrogens with one attached hydrogen (secondary N) is 1. The first kappa shape index (κ1) is 12.0. The molecule has 19 heavy (non-hydrogen) atoms. The lowest BCUT2D eigenvalue weighted by molar-refractivity contribution is 0.710. The third-order valence-electron chi connectivity index (χ3n) is 2.88. The molecule has 0 saturated heterocycles. The van der Waals surface area contributed by atoms with Crippen LogP contribution in [-0.2, 0) is 13.5 Å². The average Bonchev–Trinajstić information content (AvgIpc) is 2.95. The van der Waals surface area contributed by atoms with Gasteiger partial charge in [-0.15, -0.1) is 5.10 Å². The fourth-order valence-electron chi connectivity index (χ4n) is 1.88. The zero-order valence-corrected chi connectivity index (χ0v) is 11.2. The maximum atomic E-state index is 5.90. The van der Waals surface area contributed by atoms with Gasteiger partial charge in [0.25, 0.3) is 0 Å². The predicted octanol–water partition coefficient (Wildman–Crippen LogP) is 1.77. The monoisotopic (exact) mass is 276 g/mol. The maximum Gasteiger partial charge on any atom is 0.243 e. The number of halogens is 1. The molecule has 0 fully saturated rings. The van der Waals surface area contributed by atoms with Gasteiger partial charge in [-0.05, 0) is 18.2 Å². The molecule has 0 aliphatic heterocycles. The first-order valence-electron chi connectivity index (χ1n) is 5.95. The highest BCUT2D eigenvalue weighted by Crippen LogP contribution is 2.11. The van der Waals surface area contributed by atoms with E-state index in [1.807, 2.05) is 23.9 Å². The van der Waals surface area contributed by atoms with Gasteiger partial charge in [0.1, 0.15) is 0 Å². The van der Waals surface area contributed by atoms with Crippen LogP contribution < -0.4 is 5.32 Å². The second kappa shape index (κ2) is 4.89. The van der Waals surface area contributed by atoms with Crippen molar-refractivity contribution in [3.05, 3.63) is 41.3 Å². The lowest BCUT2D eigenvalue weighted by Crippen LogP contribution is -2.09. The van der Waals surface area contributed by atoms with Gasteiger partial charge in [-0.3, -0.25) is 4.68 Å². The molecule has 3 aromatic rings. The van der Waals surface area contributed by atoms with Gasteiger partial charge >= 0.3 is 0 Å². The molecule has 0 saturated carbocycles. The second-order valence-electron chi connectivity index (χ2n) is 4.21. The number of anilines is 1. The van der Waals surface area contributed by atoms with E-state index in [4.69, 9.17) is 11.6 Å². The molecular formula is C12H13ClN6. The Morgan fingerprint density at radius 3 is 3.00 bits per heavy atom. The quantitative estimate of drug-likeness (QED) is 0.789. The zero-order chi connectivity index (χ0) is 13.2. The van der Waals surface area contributed by atoms with Crippen molar-refractivity contribution in [1.82, 2.24) is 24.4 Å². The third-order valence-corrected chi connectivity index (χ3v) is 3.11. The molecule has 3 rings (SSSR count). The summed E-state index contributed by atoms with van der Waals surface area (Å²) < 4.78 is 3.52. The van der Waals surface area contributed by atoms with Gasteiger partial charge in [0, 0.05) is 38.1 Å². The number of rotatable bonds is 4. The number of hydrogen-bond acceptors (Lipinski definition) is 4. The minimum Gasteiger partial charge on any atom is -0.353 e. The summed E-state index contributed by atoms with van der Waals surface area (Å²) in [7, 11) is 1.93. The van der Waals surface area contributed by atoms with Crippen LogP contribution in [0.2, 0.25) is 5.02 Å². The van der Waals surface area contributed by atoms with E-state index in [1.165, 1.54) is 5.69 Å². The Balaban J connectivity index is 1.67. The smallest absolute Gasteiger partial charge is 0.243 e. The van der Waals surface area contributed by atoms with E-state index in [2.05, 4.69) is 20.5 Å². The molecule has 0 unspecified atom stereocenters. The summed E-state index contributed by atoms with van der Waals surface area (Å²) in [4.78, 5) is 4.35. The highest BCUT2D eigenvalue weighted by atomic mass is 35.5. The van der Waals surface area contributed by atoms with Crippen LogP contribution in [-0.4, -0.2) is 30.9 Å². The van der Waals surface area contributed by atoms with Gasteiger partial charge in [0.05, 0.1) is 5.02 Å². The highest BCUT2D eigenvalue weighted by Gasteiger charge is 2.04.